The van der Waals surface area contributed by atoms with E-state index in [9.17, 15) is 18.0 Å². The van der Waals surface area contributed by atoms with E-state index in [0.29, 0.717) is 12.3 Å². The van der Waals surface area contributed by atoms with E-state index in [1.54, 1.807) is 0 Å². The average molecular weight is 386 g/mol. The second-order valence-electron chi connectivity index (χ2n) is 7.41. The van der Waals surface area contributed by atoms with Gasteiger partial charge in [-0.1, -0.05) is 58.3 Å². The Hall–Kier alpha value is -1.72. The lowest BCUT2D eigenvalue weighted by molar-refractivity contribution is -0.274. The molecule has 0 aromatic heterocycles. The zero-order valence-electron chi connectivity index (χ0n) is 15.9. The van der Waals surface area contributed by atoms with Crippen molar-refractivity contribution in [2.24, 2.45) is 11.8 Å². The van der Waals surface area contributed by atoms with E-state index in [1.807, 2.05) is 0 Å². The van der Waals surface area contributed by atoms with Gasteiger partial charge in [-0.05, 0) is 42.5 Å². The van der Waals surface area contributed by atoms with E-state index in [2.05, 4.69) is 11.7 Å². The number of halogens is 3. The number of hydrogen-bond acceptors (Lipinski definition) is 3. The molecule has 0 heterocycles. The Morgan fingerprint density at radius 2 is 1.52 bits per heavy atom. The minimum atomic E-state index is -4.73. The summed E-state index contributed by atoms with van der Waals surface area (Å²) in [6, 6.07) is 4.88. The number of rotatable bonds is 9. The van der Waals surface area contributed by atoms with Gasteiger partial charge in [0, 0.05) is 6.42 Å². The predicted molar refractivity (Wildman–Crippen MR) is 97.6 cm³/mol. The van der Waals surface area contributed by atoms with Crippen LogP contribution in [-0.4, -0.2) is 12.3 Å². The first-order valence-electron chi connectivity index (χ1n) is 9.92. The Morgan fingerprint density at radius 3 is 2.07 bits per heavy atom. The molecule has 6 heteroatoms. The molecule has 1 aromatic carbocycles. The van der Waals surface area contributed by atoms with Crippen molar-refractivity contribution in [1.29, 1.82) is 0 Å². The first-order chi connectivity index (χ1) is 12.9. The summed E-state index contributed by atoms with van der Waals surface area (Å²) >= 11 is 0. The van der Waals surface area contributed by atoms with E-state index < -0.39 is 6.36 Å². The van der Waals surface area contributed by atoms with Crippen molar-refractivity contribution >= 4 is 5.97 Å². The molecular weight excluding hydrogens is 357 g/mol. The first kappa shape index (κ1) is 21.6. The van der Waals surface area contributed by atoms with Gasteiger partial charge in [0.25, 0.3) is 0 Å². The lowest BCUT2D eigenvalue weighted by Gasteiger charge is -2.28. The molecule has 0 aliphatic heterocycles. The van der Waals surface area contributed by atoms with Gasteiger partial charge in [0.1, 0.15) is 11.5 Å². The molecule has 3 nitrogen and oxygen atoms in total. The van der Waals surface area contributed by atoms with Crippen LogP contribution in [0, 0.1) is 11.8 Å². The van der Waals surface area contributed by atoms with Gasteiger partial charge in [-0.3, -0.25) is 4.79 Å². The zero-order valence-corrected chi connectivity index (χ0v) is 15.9. The highest BCUT2D eigenvalue weighted by Gasteiger charge is 2.31. The maximum atomic E-state index is 12.1. The van der Waals surface area contributed by atoms with E-state index in [4.69, 9.17) is 4.74 Å². The summed E-state index contributed by atoms with van der Waals surface area (Å²) < 4.78 is 45.4. The Balaban J connectivity index is 1.65. The summed E-state index contributed by atoms with van der Waals surface area (Å²) in [6.45, 7) is 2.22. The van der Waals surface area contributed by atoms with Crippen LogP contribution >= 0.6 is 0 Å². The Morgan fingerprint density at radius 1 is 0.963 bits per heavy atom. The maximum Gasteiger partial charge on any atom is 0.573 e. The van der Waals surface area contributed by atoms with Crippen LogP contribution in [0.1, 0.15) is 71.1 Å². The van der Waals surface area contributed by atoms with E-state index >= 15 is 0 Å². The highest BCUT2D eigenvalue weighted by Crippen LogP contribution is 2.34. The van der Waals surface area contributed by atoms with Crippen molar-refractivity contribution in [2.75, 3.05) is 0 Å². The monoisotopic (exact) mass is 386 g/mol. The summed E-state index contributed by atoms with van der Waals surface area (Å²) in [4.78, 5) is 12.0. The lowest BCUT2D eigenvalue weighted by atomic mass is 9.78. The third-order valence-corrected chi connectivity index (χ3v) is 5.23. The topological polar surface area (TPSA) is 35.5 Å². The van der Waals surface area contributed by atoms with Crippen LogP contribution in [0.25, 0.3) is 0 Å². The largest absolute Gasteiger partial charge is 0.573 e. The zero-order chi connectivity index (χ0) is 19.7. The minimum absolute atomic E-state index is 0.231. The molecule has 1 aliphatic carbocycles. The number of alkyl halides is 3. The summed E-state index contributed by atoms with van der Waals surface area (Å²) in [5.74, 6) is 0.969. The summed E-state index contributed by atoms with van der Waals surface area (Å²) in [7, 11) is 0. The van der Waals surface area contributed by atoms with Gasteiger partial charge in [-0.2, -0.15) is 0 Å². The summed E-state index contributed by atoms with van der Waals surface area (Å²) in [5.41, 5.74) is 0. The molecule has 0 N–H and O–H groups in total. The van der Waals surface area contributed by atoms with Gasteiger partial charge in [-0.15, -0.1) is 13.2 Å². The number of esters is 1. The lowest BCUT2D eigenvalue weighted by Crippen LogP contribution is -2.17. The summed E-state index contributed by atoms with van der Waals surface area (Å²) in [5, 5.41) is 0. The molecule has 0 atom stereocenters. The molecule has 0 spiro atoms. The quantitative estimate of drug-likeness (QED) is 0.270. The van der Waals surface area contributed by atoms with Gasteiger partial charge in [0.2, 0.25) is 0 Å². The van der Waals surface area contributed by atoms with Crippen molar-refractivity contribution in [3.05, 3.63) is 24.3 Å². The highest BCUT2D eigenvalue weighted by atomic mass is 19.4. The van der Waals surface area contributed by atoms with Gasteiger partial charge in [0.15, 0.2) is 0 Å². The molecule has 27 heavy (non-hydrogen) atoms. The van der Waals surface area contributed by atoms with Gasteiger partial charge in [-0.25, -0.2) is 0 Å². The number of carbonyl (C=O) groups is 1. The van der Waals surface area contributed by atoms with Crippen LogP contribution in [-0.2, 0) is 4.79 Å². The van der Waals surface area contributed by atoms with Crippen molar-refractivity contribution in [3.8, 4) is 11.5 Å². The molecule has 1 fully saturated rings. The maximum absolute atomic E-state index is 12.1. The second kappa shape index (κ2) is 10.6. The second-order valence-corrected chi connectivity index (χ2v) is 7.41. The van der Waals surface area contributed by atoms with E-state index in [0.717, 1.165) is 24.5 Å². The van der Waals surface area contributed by atoms with E-state index in [-0.39, 0.29) is 17.5 Å². The molecule has 1 saturated carbocycles. The van der Waals surface area contributed by atoms with Crippen LogP contribution in [0.2, 0.25) is 0 Å². The Kier molecular flexibility index (Phi) is 8.45. The minimum Gasteiger partial charge on any atom is -0.427 e. The van der Waals surface area contributed by atoms with Crippen molar-refractivity contribution < 1.29 is 27.4 Å². The molecular formula is C21H29F3O3. The fourth-order valence-corrected chi connectivity index (χ4v) is 3.71. The molecule has 0 radical (unpaired) electrons. The number of carbonyl (C=O) groups excluding carboxylic acids is 1. The van der Waals surface area contributed by atoms with E-state index in [1.165, 1.54) is 63.5 Å². The normalized spacial score (nSPS) is 20.3. The van der Waals surface area contributed by atoms with Crippen LogP contribution < -0.4 is 9.47 Å². The van der Waals surface area contributed by atoms with Crippen molar-refractivity contribution in [3.63, 3.8) is 0 Å². The molecule has 1 aliphatic rings. The fraction of sp³-hybridized carbons (Fsp3) is 0.667. The number of hydrogen-bond donors (Lipinski definition) is 0. The standard InChI is InChI=1S/C21H29F3O3/c1-2-3-4-5-16-6-8-17(9-7-16)10-15-20(25)26-18-11-13-19(14-12-18)27-21(22,23)24/h11-14,16-17H,2-10,15H2,1H3. The Bertz CT molecular complexity index is 561. The number of unbranched alkanes of at least 4 members (excludes halogenated alkanes) is 2. The molecule has 0 bridgehead atoms. The van der Waals surface area contributed by atoms with Crippen molar-refractivity contribution in [1.82, 2.24) is 0 Å². The van der Waals surface area contributed by atoms with Crippen LogP contribution in [0.15, 0.2) is 24.3 Å². The highest BCUT2D eigenvalue weighted by molar-refractivity contribution is 5.72. The predicted octanol–water partition coefficient (Wildman–Crippen LogP) is 6.66. The average Bonchev–Trinajstić information content (AvgIpc) is 2.62. The summed E-state index contributed by atoms with van der Waals surface area (Å²) in [6.07, 6.45) is 6.51. The Labute approximate surface area is 159 Å². The van der Waals surface area contributed by atoms with Crippen LogP contribution in [0.3, 0.4) is 0 Å². The van der Waals surface area contributed by atoms with Gasteiger partial charge < -0.3 is 9.47 Å². The van der Waals surface area contributed by atoms with Crippen molar-refractivity contribution in [2.45, 2.75) is 77.5 Å². The SMILES string of the molecule is CCCCCC1CCC(CCC(=O)Oc2ccc(OC(F)(F)F)cc2)CC1. The molecule has 152 valence electrons. The molecule has 1 aromatic rings. The molecule has 0 unspecified atom stereocenters. The first-order valence-corrected chi connectivity index (χ1v) is 9.92. The number of benzene rings is 1. The third kappa shape index (κ3) is 8.67. The third-order valence-electron chi connectivity index (χ3n) is 5.23. The number of ether oxygens (including phenoxy) is 2. The smallest absolute Gasteiger partial charge is 0.427 e. The van der Waals surface area contributed by atoms with Gasteiger partial charge in [0.05, 0.1) is 0 Å². The fourth-order valence-electron chi connectivity index (χ4n) is 3.71. The van der Waals surface area contributed by atoms with Gasteiger partial charge >= 0.3 is 12.3 Å². The molecule has 0 saturated heterocycles. The molecule has 0 amide bonds. The molecule has 2 rings (SSSR count). The van der Waals surface area contributed by atoms with Crippen LogP contribution in [0.5, 0.6) is 11.5 Å². The van der Waals surface area contributed by atoms with Crippen LogP contribution in [0.4, 0.5) is 13.2 Å².